The molecule has 0 aliphatic rings. The summed E-state index contributed by atoms with van der Waals surface area (Å²) >= 11 is 0. The second-order valence-corrected chi connectivity index (χ2v) is 3.17. The Hall–Kier alpha value is -2.03. The van der Waals surface area contributed by atoms with Gasteiger partial charge in [-0.05, 0) is 0 Å². The van der Waals surface area contributed by atoms with Crippen molar-refractivity contribution >= 4 is 5.65 Å². The molecule has 1 N–H and O–H groups in total. The molecule has 1 aromatic carbocycles. The zero-order chi connectivity index (χ0) is 9.38. The van der Waals surface area contributed by atoms with Crippen molar-refractivity contribution in [1.82, 2.24) is 14.6 Å². The highest BCUT2D eigenvalue weighted by Gasteiger charge is 2.04. The lowest BCUT2D eigenvalue weighted by Crippen LogP contribution is -1.86. The maximum Gasteiger partial charge on any atom is 0.153 e. The lowest BCUT2D eigenvalue weighted by Gasteiger charge is -1.97. The number of hydrogen-bond acceptors (Lipinski definition) is 1. The van der Waals surface area contributed by atoms with Crippen molar-refractivity contribution in [3.05, 3.63) is 48.8 Å². The van der Waals surface area contributed by atoms with E-state index in [1.54, 1.807) is 0 Å². The third kappa shape index (κ3) is 0.956. The number of hydrogen-bond donors (Lipinski definition) is 1. The fraction of sp³-hybridized carbons (Fsp3) is 0. The Morgan fingerprint density at radius 3 is 2.79 bits per heavy atom. The third-order valence-electron chi connectivity index (χ3n) is 2.29. The van der Waals surface area contributed by atoms with E-state index in [0.29, 0.717) is 0 Å². The van der Waals surface area contributed by atoms with Crippen LogP contribution in [0, 0.1) is 0 Å². The van der Waals surface area contributed by atoms with E-state index >= 15 is 0 Å². The molecule has 2 heterocycles. The van der Waals surface area contributed by atoms with E-state index in [9.17, 15) is 0 Å². The van der Waals surface area contributed by atoms with E-state index < -0.39 is 0 Å². The molecule has 0 spiro atoms. The van der Waals surface area contributed by atoms with Crippen LogP contribution in [-0.4, -0.2) is 14.6 Å². The minimum Gasteiger partial charge on any atom is -0.299 e. The molecule has 0 saturated carbocycles. The van der Waals surface area contributed by atoms with Gasteiger partial charge in [-0.2, -0.15) is 0 Å². The molecule has 0 saturated heterocycles. The van der Waals surface area contributed by atoms with Gasteiger partial charge in [-0.3, -0.25) is 5.10 Å². The Labute approximate surface area is 81.0 Å². The number of aromatic amines is 1. The van der Waals surface area contributed by atoms with E-state index in [2.05, 4.69) is 22.2 Å². The van der Waals surface area contributed by atoms with Crippen LogP contribution in [0.15, 0.2) is 48.8 Å². The maximum absolute atomic E-state index is 4.29. The van der Waals surface area contributed by atoms with Crippen molar-refractivity contribution in [2.45, 2.75) is 0 Å². The molecule has 0 aliphatic carbocycles. The average Bonchev–Trinajstić information content (AvgIpc) is 2.79. The molecule has 2 aromatic heterocycles. The van der Waals surface area contributed by atoms with Crippen molar-refractivity contribution < 1.29 is 0 Å². The predicted molar refractivity (Wildman–Crippen MR) is 55.0 cm³/mol. The number of benzene rings is 1. The van der Waals surface area contributed by atoms with Crippen molar-refractivity contribution in [3.63, 3.8) is 0 Å². The van der Waals surface area contributed by atoms with Crippen molar-refractivity contribution in [2.24, 2.45) is 0 Å². The highest BCUT2D eigenvalue weighted by Crippen LogP contribution is 2.18. The van der Waals surface area contributed by atoms with Crippen LogP contribution < -0.4 is 0 Å². The summed E-state index contributed by atoms with van der Waals surface area (Å²) in [7, 11) is 0. The van der Waals surface area contributed by atoms with Crippen molar-refractivity contribution in [1.29, 1.82) is 0 Å². The summed E-state index contributed by atoms with van der Waals surface area (Å²) in [5.74, 6) is 0. The standard InChI is InChI=1S/C11H9N3/c1-2-4-9(5-3-1)10-8-12-11-6-7-13-14(10)11/h1-8,13H. The van der Waals surface area contributed by atoms with Gasteiger partial charge < -0.3 is 0 Å². The quantitative estimate of drug-likeness (QED) is 0.617. The van der Waals surface area contributed by atoms with E-state index in [1.165, 1.54) is 5.56 Å². The van der Waals surface area contributed by atoms with Gasteiger partial charge in [-0.15, -0.1) is 0 Å². The highest BCUT2D eigenvalue weighted by molar-refractivity contribution is 5.62. The maximum atomic E-state index is 4.29. The minimum atomic E-state index is 0.948. The normalized spacial score (nSPS) is 10.9. The molecule has 3 rings (SSSR count). The molecule has 0 radical (unpaired) electrons. The third-order valence-corrected chi connectivity index (χ3v) is 2.29. The van der Waals surface area contributed by atoms with Gasteiger partial charge >= 0.3 is 0 Å². The van der Waals surface area contributed by atoms with Gasteiger partial charge in [0.2, 0.25) is 0 Å². The van der Waals surface area contributed by atoms with Crippen LogP contribution in [0.4, 0.5) is 0 Å². The van der Waals surface area contributed by atoms with Crippen LogP contribution in [0.25, 0.3) is 16.9 Å². The molecule has 3 aromatic rings. The van der Waals surface area contributed by atoms with Crippen LogP contribution >= 0.6 is 0 Å². The Morgan fingerprint density at radius 1 is 1.07 bits per heavy atom. The first kappa shape index (κ1) is 7.38. The van der Waals surface area contributed by atoms with Crippen LogP contribution in [0.2, 0.25) is 0 Å². The molecule has 14 heavy (non-hydrogen) atoms. The Bertz CT molecular complexity index is 548. The first-order valence-electron chi connectivity index (χ1n) is 4.51. The summed E-state index contributed by atoms with van der Waals surface area (Å²) in [6.07, 6.45) is 3.76. The van der Waals surface area contributed by atoms with Gasteiger partial charge in [0.15, 0.2) is 5.65 Å². The van der Waals surface area contributed by atoms with Gasteiger partial charge in [-0.1, -0.05) is 30.3 Å². The number of imidazole rings is 1. The molecule has 3 nitrogen and oxygen atoms in total. The summed E-state index contributed by atoms with van der Waals surface area (Å²) in [4.78, 5) is 4.29. The van der Waals surface area contributed by atoms with Crippen LogP contribution in [-0.2, 0) is 0 Å². The number of nitrogens with one attached hydrogen (secondary N) is 1. The molecule has 0 atom stereocenters. The smallest absolute Gasteiger partial charge is 0.153 e. The molecular weight excluding hydrogens is 174 g/mol. The summed E-state index contributed by atoms with van der Waals surface area (Å²) in [6.45, 7) is 0. The lowest BCUT2D eigenvalue weighted by atomic mass is 10.2. The van der Waals surface area contributed by atoms with Gasteiger partial charge in [0.1, 0.15) is 0 Å². The summed E-state index contributed by atoms with van der Waals surface area (Å²) in [5, 5.41) is 3.12. The average molecular weight is 183 g/mol. The van der Waals surface area contributed by atoms with E-state index in [4.69, 9.17) is 0 Å². The van der Waals surface area contributed by atoms with Gasteiger partial charge in [-0.25, -0.2) is 9.50 Å². The Morgan fingerprint density at radius 2 is 1.93 bits per heavy atom. The number of H-pyrrole nitrogens is 1. The number of nitrogens with zero attached hydrogens (tertiary/aromatic N) is 2. The largest absolute Gasteiger partial charge is 0.299 e. The zero-order valence-electron chi connectivity index (χ0n) is 7.51. The molecule has 0 fully saturated rings. The number of fused-ring (bicyclic) bond motifs is 1. The first-order valence-corrected chi connectivity index (χ1v) is 4.51. The van der Waals surface area contributed by atoms with E-state index in [0.717, 1.165) is 11.3 Å². The van der Waals surface area contributed by atoms with Gasteiger partial charge in [0.05, 0.1) is 11.9 Å². The summed E-state index contributed by atoms with van der Waals surface area (Å²) in [5.41, 5.74) is 3.21. The second kappa shape index (κ2) is 2.73. The van der Waals surface area contributed by atoms with Crippen LogP contribution in [0.5, 0.6) is 0 Å². The molecule has 0 bridgehead atoms. The minimum absolute atomic E-state index is 0.948. The topological polar surface area (TPSA) is 33.1 Å². The lowest BCUT2D eigenvalue weighted by molar-refractivity contribution is 0.981. The Kier molecular flexibility index (Phi) is 1.44. The molecule has 0 aliphatic heterocycles. The Balaban J connectivity index is 2.28. The van der Waals surface area contributed by atoms with Gasteiger partial charge in [0, 0.05) is 17.8 Å². The number of aromatic nitrogens is 3. The molecule has 0 amide bonds. The first-order chi connectivity index (χ1) is 6.95. The SMILES string of the molecule is c1ccc(-c2cnc3cc[nH]n23)cc1. The monoisotopic (exact) mass is 183 g/mol. The van der Waals surface area contributed by atoms with Gasteiger partial charge in [0.25, 0.3) is 0 Å². The molecule has 3 heteroatoms. The van der Waals surface area contributed by atoms with Crippen molar-refractivity contribution in [3.8, 4) is 11.3 Å². The number of rotatable bonds is 1. The molecular formula is C11H9N3. The molecule has 68 valence electrons. The second-order valence-electron chi connectivity index (χ2n) is 3.17. The van der Waals surface area contributed by atoms with E-state index in [1.807, 2.05) is 41.2 Å². The molecule has 0 unspecified atom stereocenters. The zero-order valence-corrected chi connectivity index (χ0v) is 7.51. The van der Waals surface area contributed by atoms with Crippen LogP contribution in [0.1, 0.15) is 0 Å². The summed E-state index contributed by atoms with van der Waals surface area (Å²) < 4.78 is 1.97. The predicted octanol–water partition coefficient (Wildman–Crippen LogP) is 2.33. The summed E-state index contributed by atoms with van der Waals surface area (Å²) in [6, 6.07) is 12.2. The fourth-order valence-electron chi connectivity index (χ4n) is 1.62. The van der Waals surface area contributed by atoms with Crippen molar-refractivity contribution in [2.75, 3.05) is 0 Å². The fourth-order valence-corrected chi connectivity index (χ4v) is 1.62. The van der Waals surface area contributed by atoms with E-state index in [-0.39, 0.29) is 0 Å². The van der Waals surface area contributed by atoms with Crippen LogP contribution in [0.3, 0.4) is 0 Å². The highest BCUT2D eigenvalue weighted by atomic mass is 15.3.